The van der Waals surface area contributed by atoms with E-state index in [1.165, 1.54) is 0 Å². The van der Waals surface area contributed by atoms with Crippen LogP contribution in [-0.4, -0.2) is 29.3 Å². The van der Waals surface area contributed by atoms with Crippen molar-refractivity contribution in [2.75, 3.05) is 22.1 Å². The van der Waals surface area contributed by atoms with Gasteiger partial charge in [-0.3, -0.25) is 9.59 Å². The topological polar surface area (TPSA) is 98.3 Å². The zero-order chi connectivity index (χ0) is 15.2. The number of nitrogens with one attached hydrogen (secondary N) is 2. The number of aliphatic carboxylic acids is 1. The molecule has 2 rings (SSSR count). The van der Waals surface area contributed by atoms with Gasteiger partial charge in [-0.15, -0.1) is 11.8 Å². The molecule has 0 spiro atoms. The third-order valence-corrected chi connectivity index (χ3v) is 3.74. The second-order valence-corrected chi connectivity index (χ2v) is 5.74. The van der Waals surface area contributed by atoms with E-state index in [1.807, 2.05) is 0 Å². The zero-order valence-corrected chi connectivity index (χ0v) is 15.1. The zero-order valence-electron chi connectivity index (χ0n) is 12.3. The molecule has 1 aliphatic carbocycles. The van der Waals surface area contributed by atoms with Gasteiger partial charge >= 0.3 is 29.6 Å². The number of hydrogen-bond donors (Lipinski definition) is 2. The molecule has 112 valence electrons. The van der Waals surface area contributed by atoms with Gasteiger partial charge in [0.2, 0.25) is 11.8 Å². The molecule has 0 heterocycles. The first-order valence-electron chi connectivity index (χ1n) is 6.53. The molecule has 0 aromatic heterocycles. The van der Waals surface area contributed by atoms with Crippen molar-refractivity contribution >= 4 is 40.9 Å². The number of anilines is 2. The number of thioether (sulfide) groups is 1. The first kappa shape index (κ1) is 19.0. The molecule has 0 radical (unpaired) electrons. The third-order valence-electron chi connectivity index (χ3n) is 2.84. The molecule has 0 aliphatic heterocycles. The summed E-state index contributed by atoms with van der Waals surface area (Å²) in [6, 6.07) is 6.79. The second-order valence-electron chi connectivity index (χ2n) is 4.75. The largest absolute Gasteiger partial charge is 1.00 e. The smallest absolute Gasteiger partial charge is 0.549 e. The molecule has 1 aliphatic rings. The number of benzene rings is 1. The maximum atomic E-state index is 11.6. The summed E-state index contributed by atoms with van der Waals surface area (Å²) in [4.78, 5) is 33.3. The summed E-state index contributed by atoms with van der Waals surface area (Å²) in [5.41, 5.74) is 1.29. The van der Waals surface area contributed by atoms with Gasteiger partial charge in [-0.25, -0.2) is 0 Å². The quantitative estimate of drug-likeness (QED) is 0.537. The summed E-state index contributed by atoms with van der Waals surface area (Å²) in [5, 5.41) is 15.7. The summed E-state index contributed by atoms with van der Waals surface area (Å²) in [5.74, 6) is -1.46. The minimum atomic E-state index is -1.19. The van der Waals surface area contributed by atoms with Crippen LogP contribution in [0.3, 0.4) is 0 Å². The van der Waals surface area contributed by atoms with E-state index in [0.29, 0.717) is 11.4 Å². The minimum absolute atomic E-state index is 0. The Morgan fingerprint density at radius 1 is 1.05 bits per heavy atom. The molecule has 0 bridgehead atoms. The van der Waals surface area contributed by atoms with E-state index < -0.39 is 5.97 Å². The van der Waals surface area contributed by atoms with Crippen LogP contribution in [0, 0.1) is 5.92 Å². The van der Waals surface area contributed by atoms with Crippen molar-refractivity contribution in [1.29, 1.82) is 0 Å². The van der Waals surface area contributed by atoms with Gasteiger partial charge < -0.3 is 20.5 Å². The Labute approximate surface area is 154 Å². The molecule has 2 N–H and O–H groups in total. The Kier molecular flexibility index (Phi) is 7.95. The standard InChI is InChI=1S/C14H16N2O4S.Na/c17-12(7-21-8-13(18)19)15-10-3-5-11(6-4-10)16-14(20)9-1-2-9;/h3-6,9H,1-2,7-8H2,(H,15,17)(H,16,20)(H,18,19);/q;+1/p-1. The van der Waals surface area contributed by atoms with Gasteiger partial charge in [0.1, 0.15) is 0 Å². The molecule has 6 nitrogen and oxygen atoms in total. The molecule has 0 saturated heterocycles. The number of carboxylic acids is 1. The van der Waals surface area contributed by atoms with Crippen LogP contribution in [0.4, 0.5) is 11.4 Å². The van der Waals surface area contributed by atoms with Crippen molar-refractivity contribution in [3.8, 4) is 0 Å². The summed E-state index contributed by atoms with van der Waals surface area (Å²) in [6.45, 7) is 0. The van der Waals surface area contributed by atoms with Crippen LogP contribution in [-0.2, 0) is 14.4 Å². The van der Waals surface area contributed by atoms with Gasteiger partial charge in [-0.05, 0) is 37.1 Å². The molecule has 22 heavy (non-hydrogen) atoms. The number of carbonyl (C=O) groups excluding carboxylic acids is 3. The molecule has 1 aromatic rings. The number of carbonyl (C=O) groups is 3. The Morgan fingerprint density at radius 2 is 1.59 bits per heavy atom. The van der Waals surface area contributed by atoms with Crippen LogP contribution in [0.25, 0.3) is 0 Å². The predicted octanol–water partition coefficient (Wildman–Crippen LogP) is -2.54. The van der Waals surface area contributed by atoms with Crippen LogP contribution in [0.5, 0.6) is 0 Å². The Hall–Kier alpha value is -1.02. The van der Waals surface area contributed by atoms with Crippen LogP contribution >= 0.6 is 11.8 Å². The van der Waals surface area contributed by atoms with Gasteiger partial charge in [0, 0.05) is 23.0 Å². The number of carboxylic acid groups (broad SMARTS) is 1. The fourth-order valence-corrected chi connectivity index (χ4v) is 2.18. The van der Waals surface area contributed by atoms with Gasteiger partial charge in [-0.2, -0.15) is 0 Å². The fraction of sp³-hybridized carbons (Fsp3) is 0.357. The minimum Gasteiger partial charge on any atom is -0.549 e. The normalized spacial score (nSPS) is 12.9. The Bertz CT molecular complexity index is 546. The molecule has 1 aromatic carbocycles. The molecule has 8 heteroatoms. The molecule has 0 unspecified atom stereocenters. The van der Waals surface area contributed by atoms with E-state index in [9.17, 15) is 19.5 Å². The van der Waals surface area contributed by atoms with Crippen LogP contribution < -0.4 is 45.3 Å². The first-order chi connectivity index (χ1) is 10.0. The van der Waals surface area contributed by atoms with Crippen molar-refractivity contribution in [2.45, 2.75) is 12.8 Å². The third kappa shape index (κ3) is 6.83. The van der Waals surface area contributed by atoms with Crippen molar-refractivity contribution in [1.82, 2.24) is 0 Å². The van der Waals surface area contributed by atoms with Crippen molar-refractivity contribution < 1.29 is 49.0 Å². The maximum absolute atomic E-state index is 11.6. The fourth-order valence-electron chi connectivity index (χ4n) is 1.65. The Balaban J connectivity index is 0.00000242. The van der Waals surface area contributed by atoms with E-state index in [-0.39, 0.29) is 58.8 Å². The summed E-state index contributed by atoms with van der Waals surface area (Å²) in [6.07, 6.45) is 1.90. The number of amides is 2. The molecule has 2 amide bonds. The average molecular weight is 330 g/mol. The maximum Gasteiger partial charge on any atom is 1.00 e. The van der Waals surface area contributed by atoms with Gasteiger partial charge in [-0.1, -0.05) is 0 Å². The molecule has 0 atom stereocenters. The monoisotopic (exact) mass is 330 g/mol. The summed E-state index contributed by atoms with van der Waals surface area (Å²) < 4.78 is 0. The number of rotatable bonds is 7. The van der Waals surface area contributed by atoms with E-state index >= 15 is 0 Å². The van der Waals surface area contributed by atoms with E-state index in [2.05, 4.69) is 10.6 Å². The second kappa shape index (κ2) is 9.19. The van der Waals surface area contributed by atoms with Gasteiger partial charge in [0.05, 0.1) is 11.7 Å². The van der Waals surface area contributed by atoms with Crippen LogP contribution in [0.2, 0.25) is 0 Å². The SMILES string of the molecule is O=C([O-])CSCC(=O)Nc1ccc(NC(=O)C2CC2)cc1.[Na+]. The van der Waals surface area contributed by atoms with E-state index in [1.54, 1.807) is 24.3 Å². The molecular weight excluding hydrogens is 315 g/mol. The van der Waals surface area contributed by atoms with E-state index in [0.717, 1.165) is 24.6 Å². The van der Waals surface area contributed by atoms with Crippen molar-refractivity contribution in [3.63, 3.8) is 0 Å². The van der Waals surface area contributed by atoms with Gasteiger partial charge in [0.15, 0.2) is 0 Å². The first-order valence-corrected chi connectivity index (χ1v) is 7.68. The summed E-state index contributed by atoms with van der Waals surface area (Å²) >= 11 is 0.979. The summed E-state index contributed by atoms with van der Waals surface area (Å²) in [7, 11) is 0. The molecular formula is C14H15N2NaO4S. The van der Waals surface area contributed by atoms with Crippen LogP contribution in [0.1, 0.15) is 12.8 Å². The molecule has 1 fully saturated rings. The van der Waals surface area contributed by atoms with E-state index in [4.69, 9.17) is 0 Å². The average Bonchev–Trinajstić information content (AvgIpc) is 3.25. The number of hydrogen-bond acceptors (Lipinski definition) is 5. The Morgan fingerprint density at radius 3 is 2.09 bits per heavy atom. The van der Waals surface area contributed by atoms with Gasteiger partial charge in [0.25, 0.3) is 0 Å². The van der Waals surface area contributed by atoms with Crippen LogP contribution in [0.15, 0.2) is 24.3 Å². The van der Waals surface area contributed by atoms with Crippen molar-refractivity contribution in [3.05, 3.63) is 24.3 Å². The van der Waals surface area contributed by atoms with Crippen molar-refractivity contribution in [2.24, 2.45) is 5.92 Å². The molecule has 1 saturated carbocycles. The predicted molar refractivity (Wildman–Crippen MR) is 78.8 cm³/mol.